The van der Waals surface area contributed by atoms with Crippen LogP contribution in [0.5, 0.6) is 5.75 Å². The number of carbonyl (C=O) groups excluding carboxylic acids is 2. The van der Waals surface area contributed by atoms with Gasteiger partial charge in [0.1, 0.15) is 5.75 Å². The highest BCUT2D eigenvalue weighted by Crippen LogP contribution is 2.12. The molecule has 1 N–H and O–H groups in total. The highest BCUT2D eigenvalue weighted by molar-refractivity contribution is 5.77. The van der Waals surface area contributed by atoms with E-state index in [2.05, 4.69) is 0 Å². The zero-order chi connectivity index (χ0) is 15.9. The maximum atomic E-state index is 12.1. The Kier molecular flexibility index (Phi) is 5.77. The number of nitrogens with one attached hydrogen (secondary N) is 1. The Morgan fingerprint density at radius 1 is 1.32 bits per heavy atom. The summed E-state index contributed by atoms with van der Waals surface area (Å²) in [6.07, 6.45) is 0.0692. The van der Waals surface area contributed by atoms with Gasteiger partial charge in [-0.3, -0.25) is 4.79 Å². The van der Waals surface area contributed by atoms with Crippen LogP contribution in [0.25, 0.3) is 0 Å². The van der Waals surface area contributed by atoms with Crippen molar-refractivity contribution in [2.75, 3.05) is 39.3 Å². The van der Waals surface area contributed by atoms with Gasteiger partial charge in [0.05, 0.1) is 32.7 Å². The number of carboxylic acids is 1. The van der Waals surface area contributed by atoms with Crippen LogP contribution < -0.4 is 14.7 Å². The minimum absolute atomic E-state index is 0.0274. The van der Waals surface area contributed by atoms with Gasteiger partial charge in [0.25, 0.3) is 5.91 Å². The normalized spacial score (nSPS) is 15.6. The molecule has 0 saturated carbocycles. The van der Waals surface area contributed by atoms with Crippen molar-refractivity contribution in [2.45, 2.75) is 13.3 Å². The van der Waals surface area contributed by atoms with Gasteiger partial charge in [-0.05, 0) is 24.6 Å². The Bertz CT molecular complexity index is 525. The average Bonchev–Trinajstić information content (AvgIpc) is 2.51. The van der Waals surface area contributed by atoms with E-state index in [0.29, 0.717) is 25.4 Å². The molecule has 0 aliphatic carbocycles. The SMILES string of the molecule is Cc1cccc(OCC(=O)N2CC[NH+](CCC(=O)[O-])CC2)c1. The second kappa shape index (κ2) is 7.79. The molecule has 0 radical (unpaired) electrons. The monoisotopic (exact) mass is 306 g/mol. The number of amides is 1. The van der Waals surface area contributed by atoms with E-state index in [-0.39, 0.29) is 18.9 Å². The highest BCUT2D eigenvalue weighted by atomic mass is 16.5. The van der Waals surface area contributed by atoms with Crippen LogP contribution in [-0.4, -0.2) is 56.1 Å². The van der Waals surface area contributed by atoms with Gasteiger partial charge >= 0.3 is 0 Å². The minimum atomic E-state index is -1.02. The van der Waals surface area contributed by atoms with Gasteiger partial charge < -0.3 is 24.4 Å². The number of hydrogen-bond acceptors (Lipinski definition) is 4. The Balaban J connectivity index is 1.72. The molecule has 120 valence electrons. The van der Waals surface area contributed by atoms with Gasteiger partial charge in [-0.2, -0.15) is 0 Å². The molecule has 1 aliphatic heterocycles. The predicted octanol–water partition coefficient (Wildman–Crippen LogP) is -1.76. The molecule has 0 unspecified atom stereocenters. The van der Waals surface area contributed by atoms with Crippen LogP contribution in [0, 0.1) is 6.92 Å². The molecule has 1 amide bonds. The van der Waals surface area contributed by atoms with Crippen molar-refractivity contribution in [3.8, 4) is 5.75 Å². The van der Waals surface area contributed by atoms with Gasteiger partial charge in [-0.1, -0.05) is 12.1 Å². The molecule has 1 fully saturated rings. The third kappa shape index (κ3) is 5.04. The molecule has 0 aromatic heterocycles. The number of quaternary nitrogens is 1. The maximum absolute atomic E-state index is 12.1. The molecule has 1 saturated heterocycles. The van der Waals surface area contributed by atoms with Gasteiger partial charge in [-0.15, -0.1) is 0 Å². The van der Waals surface area contributed by atoms with Crippen molar-refractivity contribution in [2.24, 2.45) is 0 Å². The maximum Gasteiger partial charge on any atom is 0.260 e. The standard InChI is InChI=1S/C16H22N2O4/c1-13-3-2-4-14(11-13)22-12-15(19)18-9-7-17(8-10-18)6-5-16(20)21/h2-4,11H,5-10,12H2,1H3,(H,20,21). The van der Waals surface area contributed by atoms with E-state index < -0.39 is 5.97 Å². The molecule has 0 bridgehead atoms. The Hall–Kier alpha value is -2.08. The number of piperazine rings is 1. The molecule has 22 heavy (non-hydrogen) atoms. The number of aliphatic carboxylic acids is 1. The molecule has 1 aliphatic rings. The van der Waals surface area contributed by atoms with Crippen LogP contribution in [0.1, 0.15) is 12.0 Å². The van der Waals surface area contributed by atoms with Crippen molar-refractivity contribution in [1.29, 1.82) is 0 Å². The Labute approximate surface area is 130 Å². The van der Waals surface area contributed by atoms with Crippen LogP contribution in [0.3, 0.4) is 0 Å². The molecular formula is C16H22N2O4. The van der Waals surface area contributed by atoms with Gasteiger partial charge in [-0.25, -0.2) is 0 Å². The van der Waals surface area contributed by atoms with E-state index in [4.69, 9.17) is 4.74 Å². The molecule has 0 spiro atoms. The van der Waals surface area contributed by atoms with E-state index in [1.807, 2.05) is 31.2 Å². The summed E-state index contributed by atoms with van der Waals surface area (Å²) in [5.41, 5.74) is 1.09. The lowest BCUT2D eigenvalue weighted by Gasteiger charge is -2.32. The van der Waals surface area contributed by atoms with E-state index in [0.717, 1.165) is 18.7 Å². The fourth-order valence-corrected chi connectivity index (χ4v) is 2.54. The molecular weight excluding hydrogens is 284 g/mol. The third-order valence-corrected chi connectivity index (χ3v) is 3.86. The average molecular weight is 306 g/mol. The highest BCUT2D eigenvalue weighted by Gasteiger charge is 2.23. The second-order valence-corrected chi connectivity index (χ2v) is 5.61. The summed E-state index contributed by atoms with van der Waals surface area (Å²) in [7, 11) is 0. The summed E-state index contributed by atoms with van der Waals surface area (Å²) in [5.74, 6) is -0.343. The van der Waals surface area contributed by atoms with Crippen LogP contribution in [0.4, 0.5) is 0 Å². The molecule has 1 aromatic rings. The lowest BCUT2D eigenvalue weighted by molar-refractivity contribution is -0.903. The summed E-state index contributed by atoms with van der Waals surface area (Å²) >= 11 is 0. The second-order valence-electron chi connectivity index (χ2n) is 5.61. The summed E-state index contributed by atoms with van der Waals surface area (Å²) in [4.78, 5) is 25.5. The number of carbonyl (C=O) groups is 2. The van der Waals surface area contributed by atoms with E-state index in [1.54, 1.807) is 4.90 Å². The molecule has 6 heteroatoms. The fraction of sp³-hybridized carbons (Fsp3) is 0.500. The molecule has 2 rings (SSSR count). The summed E-state index contributed by atoms with van der Waals surface area (Å²) < 4.78 is 5.52. The van der Waals surface area contributed by atoms with Crippen molar-refractivity contribution in [1.82, 2.24) is 4.90 Å². The first-order valence-corrected chi connectivity index (χ1v) is 7.55. The number of rotatable bonds is 6. The number of hydrogen-bond donors (Lipinski definition) is 1. The predicted molar refractivity (Wildman–Crippen MR) is 78.4 cm³/mol. The van der Waals surface area contributed by atoms with Crippen molar-refractivity contribution >= 4 is 11.9 Å². The number of nitrogens with zero attached hydrogens (tertiary/aromatic N) is 1. The quantitative estimate of drug-likeness (QED) is 0.676. The van der Waals surface area contributed by atoms with Crippen LogP contribution >= 0.6 is 0 Å². The lowest BCUT2D eigenvalue weighted by atomic mass is 10.2. The van der Waals surface area contributed by atoms with Crippen LogP contribution in [0.2, 0.25) is 0 Å². The smallest absolute Gasteiger partial charge is 0.260 e. The van der Waals surface area contributed by atoms with Crippen molar-refractivity contribution in [3.63, 3.8) is 0 Å². The van der Waals surface area contributed by atoms with Crippen molar-refractivity contribution in [3.05, 3.63) is 29.8 Å². The Morgan fingerprint density at radius 2 is 2.05 bits per heavy atom. The first kappa shape index (κ1) is 16.3. The third-order valence-electron chi connectivity index (χ3n) is 3.86. The minimum Gasteiger partial charge on any atom is -0.550 e. The summed E-state index contributed by atoms with van der Waals surface area (Å²) in [6.45, 7) is 5.38. The first-order chi connectivity index (χ1) is 10.5. The zero-order valence-electron chi connectivity index (χ0n) is 12.8. The topological polar surface area (TPSA) is 74.1 Å². The van der Waals surface area contributed by atoms with E-state index in [9.17, 15) is 14.7 Å². The molecule has 1 heterocycles. The number of aryl methyl sites for hydroxylation is 1. The number of ether oxygens (including phenoxy) is 1. The number of benzene rings is 1. The first-order valence-electron chi connectivity index (χ1n) is 7.55. The number of carboxylic acid groups (broad SMARTS) is 1. The van der Waals surface area contributed by atoms with E-state index >= 15 is 0 Å². The lowest BCUT2D eigenvalue weighted by Crippen LogP contribution is -3.15. The van der Waals surface area contributed by atoms with Crippen LogP contribution in [0.15, 0.2) is 24.3 Å². The molecule has 1 aromatic carbocycles. The van der Waals surface area contributed by atoms with Gasteiger partial charge in [0.2, 0.25) is 0 Å². The van der Waals surface area contributed by atoms with Gasteiger partial charge in [0, 0.05) is 12.4 Å². The Morgan fingerprint density at radius 3 is 2.68 bits per heavy atom. The summed E-state index contributed by atoms with van der Waals surface area (Å²) in [5, 5.41) is 10.5. The van der Waals surface area contributed by atoms with Crippen LogP contribution in [-0.2, 0) is 9.59 Å². The van der Waals surface area contributed by atoms with Gasteiger partial charge in [0.15, 0.2) is 6.61 Å². The zero-order valence-corrected chi connectivity index (χ0v) is 12.8. The molecule has 6 nitrogen and oxygen atoms in total. The molecule has 0 atom stereocenters. The van der Waals surface area contributed by atoms with E-state index in [1.165, 1.54) is 4.90 Å². The fourth-order valence-electron chi connectivity index (χ4n) is 2.54. The summed E-state index contributed by atoms with van der Waals surface area (Å²) in [6, 6.07) is 7.61. The van der Waals surface area contributed by atoms with Crippen molar-refractivity contribution < 1.29 is 24.3 Å². The largest absolute Gasteiger partial charge is 0.550 e.